The van der Waals surface area contributed by atoms with Crippen molar-refractivity contribution in [1.82, 2.24) is 35.2 Å². The van der Waals surface area contributed by atoms with Crippen LogP contribution in [0.1, 0.15) is 5.69 Å². The number of hydrogen-bond donors (Lipinski definition) is 2. The van der Waals surface area contributed by atoms with E-state index in [4.69, 9.17) is 4.74 Å². The summed E-state index contributed by atoms with van der Waals surface area (Å²) in [7, 11) is 1.58. The number of aromatic amines is 2. The summed E-state index contributed by atoms with van der Waals surface area (Å²) in [4.78, 5) is 18.2. The molecule has 2 N–H and O–H groups in total. The van der Waals surface area contributed by atoms with Gasteiger partial charge in [0.2, 0.25) is 16.9 Å². The Hall–Kier alpha value is -4.27. The predicted molar refractivity (Wildman–Crippen MR) is 111 cm³/mol. The molecule has 3 heterocycles. The molecule has 0 unspecified atom stereocenters. The number of benzene rings is 2. The first-order valence-corrected chi connectivity index (χ1v) is 9.26. The van der Waals surface area contributed by atoms with Crippen LogP contribution in [0, 0.1) is 6.92 Å². The lowest BCUT2D eigenvalue weighted by molar-refractivity contribution is 0.415. The van der Waals surface area contributed by atoms with Crippen LogP contribution >= 0.6 is 0 Å². The van der Waals surface area contributed by atoms with Gasteiger partial charge in [-0.25, -0.2) is 9.50 Å². The monoisotopic (exact) mass is 399 g/mol. The van der Waals surface area contributed by atoms with Crippen molar-refractivity contribution in [3.05, 3.63) is 70.5 Å². The number of nitrogens with zero attached hydrogens (tertiary/aromatic N) is 5. The zero-order valence-electron chi connectivity index (χ0n) is 16.2. The molecule has 0 spiro atoms. The van der Waals surface area contributed by atoms with Crippen molar-refractivity contribution in [1.29, 1.82) is 0 Å². The number of rotatable bonds is 4. The van der Waals surface area contributed by atoms with Gasteiger partial charge in [-0.15, -0.1) is 10.2 Å². The lowest BCUT2D eigenvalue weighted by Gasteiger charge is -2.11. The summed E-state index contributed by atoms with van der Waals surface area (Å²) in [6, 6.07) is 17.0. The molecule has 9 nitrogen and oxygen atoms in total. The quantitative estimate of drug-likeness (QED) is 0.480. The number of aromatic nitrogens is 7. The fraction of sp³-hybridized carbons (Fsp3) is 0.0952. The molecule has 0 atom stereocenters. The van der Waals surface area contributed by atoms with Crippen LogP contribution < -0.4 is 10.2 Å². The Bertz CT molecular complexity index is 1400. The van der Waals surface area contributed by atoms with Gasteiger partial charge in [0, 0.05) is 5.56 Å². The van der Waals surface area contributed by atoms with Crippen molar-refractivity contribution in [2.24, 2.45) is 0 Å². The SMILES string of the molecule is COc1cccc(-c2c(-c3nn[nH]n3)[nH]n3c(-c4ccccc4)c(C)nc3c2=O)c1. The van der Waals surface area contributed by atoms with Crippen LogP contribution in [0.15, 0.2) is 59.4 Å². The summed E-state index contributed by atoms with van der Waals surface area (Å²) < 4.78 is 7.02. The summed E-state index contributed by atoms with van der Waals surface area (Å²) in [5.41, 5.74) is 4.01. The smallest absolute Gasteiger partial charge is 0.233 e. The molecule has 0 saturated heterocycles. The average Bonchev–Trinajstić information content (AvgIpc) is 3.42. The highest BCUT2D eigenvalue weighted by Gasteiger charge is 2.23. The third-order valence-corrected chi connectivity index (χ3v) is 4.93. The van der Waals surface area contributed by atoms with Crippen molar-refractivity contribution in [2.75, 3.05) is 7.11 Å². The summed E-state index contributed by atoms with van der Waals surface area (Å²) in [5, 5.41) is 17.6. The van der Waals surface area contributed by atoms with E-state index < -0.39 is 0 Å². The number of fused-ring (bicyclic) bond motifs is 1. The molecule has 5 rings (SSSR count). The molecule has 2 aromatic carbocycles. The zero-order chi connectivity index (χ0) is 20.7. The molecule has 0 aliphatic carbocycles. The molecular formula is C21H17N7O2. The van der Waals surface area contributed by atoms with Crippen LogP contribution in [0.3, 0.4) is 0 Å². The fourth-order valence-corrected chi connectivity index (χ4v) is 3.60. The zero-order valence-corrected chi connectivity index (χ0v) is 16.2. The molecule has 0 fully saturated rings. The lowest BCUT2D eigenvalue weighted by Crippen LogP contribution is -2.15. The molecule has 0 saturated carbocycles. The van der Waals surface area contributed by atoms with Crippen LogP contribution in [0.5, 0.6) is 5.75 Å². The normalized spacial score (nSPS) is 11.1. The second-order valence-electron chi connectivity index (χ2n) is 6.73. The topological polar surface area (TPSA) is 114 Å². The molecular weight excluding hydrogens is 382 g/mol. The van der Waals surface area contributed by atoms with E-state index >= 15 is 0 Å². The molecule has 30 heavy (non-hydrogen) atoms. The third kappa shape index (κ3) is 2.75. The van der Waals surface area contributed by atoms with Gasteiger partial charge in [0.25, 0.3) is 0 Å². The van der Waals surface area contributed by atoms with Gasteiger partial charge in [0.15, 0.2) is 0 Å². The Morgan fingerprint density at radius 2 is 1.83 bits per heavy atom. The van der Waals surface area contributed by atoms with E-state index in [1.165, 1.54) is 0 Å². The number of tetrazole rings is 1. The third-order valence-electron chi connectivity index (χ3n) is 4.93. The van der Waals surface area contributed by atoms with Crippen molar-refractivity contribution in [2.45, 2.75) is 6.92 Å². The molecule has 0 amide bonds. The van der Waals surface area contributed by atoms with E-state index in [1.54, 1.807) is 17.7 Å². The van der Waals surface area contributed by atoms with Crippen LogP contribution in [0.25, 0.3) is 39.5 Å². The highest BCUT2D eigenvalue weighted by Crippen LogP contribution is 2.30. The van der Waals surface area contributed by atoms with Gasteiger partial charge >= 0.3 is 0 Å². The highest BCUT2D eigenvalue weighted by atomic mass is 16.5. The van der Waals surface area contributed by atoms with Crippen LogP contribution in [-0.2, 0) is 0 Å². The molecule has 0 radical (unpaired) electrons. The van der Waals surface area contributed by atoms with Crippen molar-refractivity contribution >= 4 is 5.65 Å². The van der Waals surface area contributed by atoms with Crippen LogP contribution in [0.4, 0.5) is 0 Å². The molecule has 0 bridgehead atoms. The first-order chi connectivity index (χ1) is 14.7. The van der Waals surface area contributed by atoms with Crippen molar-refractivity contribution in [3.8, 4) is 39.7 Å². The maximum Gasteiger partial charge on any atom is 0.233 e. The number of aryl methyl sites for hydroxylation is 1. The van der Waals surface area contributed by atoms with Gasteiger partial charge in [-0.2, -0.15) is 5.21 Å². The second kappa shape index (κ2) is 6.96. The van der Waals surface area contributed by atoms with E-state index in [0.717, 1.165) is 17.0 Å². The number of ether oxygens (including phenoxy) is 1. The van der Waals surface area contributed by atoms with E-state index in [9.17, 15) is 4.79 Å². The molecule has 0 aliphatic rings. The van der Waals surface area contributed by atoms with Gasteiger partial charge in [-0.3, -0.25) is 9.89 Å². The Morgan fingerprint density at radius 3 is 2.57 bits per heavy atom. The van der Waals surface area contributed by atoms with E-state index in [1.807, 2.05) is 55.5 Å². The van der Waals surface area contributed by atoms with Gasteiger partial charge in [-0.05, 0) is 29.8 Å². The minimum Gasteiger partial charge on any atom is -0.497 e. The van der Waals surface area contributed by atoms with Gasteiger partial charge in [0.1, 0.15) is 11.4 Å². The number of nitrogens with one attached hydrogen (secondary N) is 2. The lowest BCUT2D eigenvalue weighted by atomic mass is 10.0. The number of methoxy groups -OCH3 is 1. The molecule has 5 aromatic rings. The minimum absolute atomic E-state index is 0.243. The molecule has 3 aromatic heterocycles. The Balaban J connectivity index is 1.88. The van der Waals surface area contributed by atoms with E-state index in [0.29, 0.717) is 22.6 Å². The molecule has 9 heteroatoms. The maximum atomic E-state index is 13.6. The minimum atomic E-state index is -0.243. The summed E-state index contributed by atoms with van der Waals surface area (Å²) in [6.45, 7) is 1.88. The van der Waals surface area contributed by atoms with Crippen LogP contribution in [-0.4, -0.2) is 42.3 Å². The van der Waals surface area contributed by atoms with E-state index in [2.05, 4.69) is 30.7 Å². The summed E-state index contributed by atoms with van der Waals surface area (Å²) >= 11 is 0. The van der Waals surface area contributed by atoms with E-state index in [-0.39, 0.29) is 16.9 Å². The van der Waals surface area contributed by atoms with Crippen LogP contribution in [0.2, 0.25) is 0 Å². The Labute approximate surface area is 170 Å². The molecule has 148 valence electrons. The highest BCUT2D eigenvalue weighted by molar-refractivity contribution is 5.81. The standard InChI is InChI=1S/C21H17N7O2/c1-12-18(13-7-4-3-5-8-13)28-21(22-12)19(29)16(14-9-6-10-15(11-14)30-2)17(25-28)20-23-26-27-24-20/h3-11,25H,1-2H3,(H,23,24,26,27). The summed E-state index contributed by atoms with van der Waals surface area (Å²) in [5.74, 6) is 0.910. The predicted octanol–water partition coefficient (Wildman–Crippen LogP) is 2.85. The second-order valence-corrected chi connectivity index (χ2v) is 6.73. The molecule has 0 aliphatic heterocycles. The number of hydrogen-bond acceptors (Lipinski definition) is 6. The average molecular weight is 399 g/mol. The van der Waals surface area contributed by atoms with Crippen molar-refractivity contribution in [3.63, 3.8) is 0 Å². The Morgan fingerprint density at radius 1 is 1.03 bits per heavy atom. The van der Waals surface area contributed by atoms with Gasteiger partial charge in [0.05, 0.1) is 24.1 Å². The largest absolute Gasteiger partial charge is 0.497 e. The fourth-order valence-electron chi connectivity index (χ4n) is 3.60. The van der Waals surface area contributed by atoms with Crippen molar-refractivity contribution < 1.29 is 4.74 Å². The van der Waals surface area contributed by atoms with Gasteiger partial charge in [-0.1, -0.05) is 42.5 Å². The first kappa shape index (κ1) is 17.8. The number of H-pyrrole nitrogens is 2. The van der Waals surface area contributed by atoms with Gasteiger partial charge < -0.3 is 4.74 Å². The maximum absolute atomic E-state index is 13.6. The number of imidazole rings is 1. The summed E-state index contributed by atoms with van der Waals surface area (Å²) in [6.07, 6.45) is 0. The first-order valence-electron chi connectivity index (χ1n) is 9.26. The Kier molecular flexibility index (Phi) is 4.13.